The fraction of sp³-hybridized carbons (Fsp3) is 0.500. The summed E-state index contributed by atoms with van der Waals surface area (Å²) in [4.78, 5) is 36.1. The first kappa shape index (κ1) is 15.0. The highest BCUT2D eigenvalue weighted by Gasteiger charge is 2.20. The van der Waals surface area contributed by atoms with Crippen LogP contribution in [0.25, 0.3) is 0 Å². The van der Waals surface area contributed by atoms with Crippen LogP contribution < -0.4 is 26.4 Å². The van der Waals surface area contributed by atoms with Gasteiger partial charge >= 0.3 is 12.1 Å². The van der Waals surface area contributed by atoms with Crippen molar-refractivity contribution in [2.75, 3.05) is 13.1 Å². The quantitative estimate of drug-likeness (QED) is 0.352. The fourth-order valence-electron chi connectivity index (χ4n) is 1.08. The molecule has 0 aromatic rings. The number of hydrogen-bond donors (Lipinski definition) is 5. The van der Waals surface area contributed by atoms with E-state index in [1.165, 1.54) is 0 Å². The maximum absolute atomic E-state index is 11.4. The van der Waals surface area contributed by atoms with Crippen molar-refractivity contribution in [1.82, 2.24) is 31.4 Å². The molecule has 1 heterocycles. The Morgan fingerprint density at radius 3 is 2.95 bits per heavy atom. The Morgan fingerprint density at radius 1 is 1.53 bits per heavy atom. The molecule has 0 spiro atoms. The van der Waals surface area contributed by atoms with Gasteiger partial charge in [-0.05, 0) is 13.8 Å². The lowest BCUT2D eigenvalue weighted by Crippen LogP contribution is -2.57. The van der Waals surface area contributed by atoms with E-state index in [9.17, 15) is 14.4 Å². The second-order valence-electron chi connectivity index (χ2n) is 3.44. The molecule has 5 N–H and O–H groups in total. The van der Waals surface area contributed by atoms with Gasteiger partial charge in [-0.2, -0.15) is 9.93 Å². The number of hydrazone groups is 1. The summed E-state index contributed by atoms with van der Waals surface area (Å²) in [5, 5.41) is 6.94. The molecule has 0 fully saturated rings. The molecule has 0 bridgehead atoms. The van der Waals surface area contributed by atoms with Crippen molar-refractivity contribution in [3.8, 4) is 0 Å². The Bertz CT molecular complexity index is 400. The van der Waals surface area contributed by atoms with Crippen molar-refractivity contribution in [1.29, 1.82) is 0 Å². The Hall–Kier alpha value is -2.01. The van der Waals surface area contributed by atoms with Gasteiger partial charge in [0.1, 0.15) is 0 Å². The van der Waals surface area contributed by atoms with E-state index in [0.29, 0.717) is 24.2 Å². The molecule has 0 aliphatic carbocycles. The largest absolute Gasteiger partial charge is 0.356 e. The van der Waals surface area contributed by atoms with Crippen LogP contribution in [0.5, 0.6) is 0 Å². The number of carbonyl (C=O) groups excluding carboxylic acids is 3. The maximum Gasteiger partial charge on any atom is 0.356 e. The molecule has 1 aliphatic rings. The van der Waals surface area contributed by atoms with E-state index in [1.54, 1.807) is 13.8 Å². The van der Waals surface area contributed by atoms with E-state index in [0.717, 1.165) is 5.01 Å². The van der Waals surface area contributed by atoms with E-state index in [1.807, 2.05) is 0 Å². The van der Waals surface area contributed by atoms with Crippen LogP contribution in [0.15, 0.2) is 5.10 Å². The van der Waals surface area contributed by atoms with Crippen molar-refractivity contribution in [3.05, 3.63) is 0 Å². The smallest absolute Gasteiger partial charge is 0.346 e. The molecule has 0 aromatic carbocycles. The lowest BCUT2D eigenvalue weighted by Gasteiger charge is -2.25. The van der Waals surface area contributed by atoms with Crippen molar-refractivity contribution >= 4 is 35.0 Å². The van der Waals surface area contributed by atoms with Crippen LogP contribution in [0.2, 0.25) is 0 Å². The second-order valence-corrected chi connectivity index (χ2v) is 4.22. The Morgan fingerprint density at radius 2 is 2.26 bits per heavy atom. The predicted octanol–water partition coefficient (Wildman–Crippen LogP) is -0.516. The van der Waals surface area contributed by atoms with Crippen molar-refractivity contribution in [3.63, 3.8) is 0 Å². The van der Waals surface area contributed by atoms with Gasteiger partial charge in [-0.25, -0.2) is 25.4 Å². The molecule has 0 aromatic heterocycles. The molecule has 11 heteroatoms. The summed E-state index contributed by atoms with van der Waals surface area (Å²) >= 11 is 0.678. The highest BCUT2D eigenvalue weighted by Crippen LogP contribution is 1.94. The zero-order chi connectivity index (χ0) is 14.3. The molecule has 19 heavy (non-hydrogen) atoms. The number of nitrogens with one attached hydrogen (secondary N) is 5. The van der Waals surface area contributed by atoms with Crippen LogP contribution in [0, 0.1) is 0 Å². The van der Waals surface area contributed by atoms with Crippen molar-refractivity contribution < 1.29 is 14.4 Å². The Kier molecular flexibility index (Phi) is 5.89. The van der Waals surface area contributed by atoms with Gasteiger partial charge in [0.15, 0.2) is 0 Å². The summed E-state index contributed by atoms with van der Waals surface area (Å²) in [5.41, 5.74) is 7.35. The standard InChI is InChI=1S/C8H15N7O3S/c1-3-9-8(18)19-14-11-6(16)13-15-4-5(2)10-12-7(15)17/h14H,3-4H2,1-2H3,(H,9,18)(H,12,17)(H2,11,13,16). The topological polar surface area (TPSA) is 127 Å². The van der Waals surface area contributed by atoms with Crippen LogP contribution in [-0.4, -0.2) is 41.1 Å². The van der Waals surface area contributed by atoms with Crippen molar-refractivity contribution in [2.24, 2.45) is 5.10 Å². The zero-order valence-corrected chi connectivity index (χ0v) is 11.3. The number of amides is 5. The third-order valence-electron chi connectivity index (χ3n) is 1.84. The summed E-state index contributed by atoms with van der Waals surface area (Å²) in [6, 6.07) is -1.22. The van der Waals surface area contributed by atoms with Gasteiger partial charge in [0.25, 0.3) is 5.24 Å². The molecule has 0 saturated heterocycles. The van der Waals surface area contributed by atoms with Gasteiger partial charge in [0.2, 0.25) is 0 Å². The lowest BCUT2D eigenvalue weighted by molar-refractivity contribution is 0.172. The highest BCUT2D eigenvalue weighted by molar-refractivity contribution is 8.11. The van der Waals surface area contributed by atoms with Crippen LogP contribution in [-0.2, 0) is 0 Å². The monoisotopic (exact) mass is 289 g/mol. The second kappa shape index (κ2) is 7.43. The average molecular weight is 289 g/mol. The van der Waals surface area contributed by atoms with Crippen LogP contribution in [0.1, 0.15) is 13.8 Å². The first-order valence-corrected chi connectivity index (χ1v) is 6.21. The number of rotatable bonds is 4. The summed E-state index contributed by atoms with van der Waals surface area (Å²) < 4.78 is 0. The summed E-state index contributed by atoms with van der Waals surface area (Å²) in [6.45, 7) is 4.15. The molecule has 106 valence electrons. The Balaban J connectivity index is 2.26. The molecule has 10 nitrogen and oxygen atoms in total. The number of hydrogen-bond acceptors (Lipinski definition) is 6. The third kappa shape index (κ3) is 5.44. The molecule has 0 radical (unpaired) electrons. The molecule has 5 amide bonds. The zero-order valence-electron chi connectivity index (χ0n) is 10.4. The van der Waals surface area contributed by atoms with E-state index in [-0.39, 0.29) is 11.8 Å². The number of nitrogens with zero attached hydrogens (tertiary/aromatic N) is 2. The molecule has 1 aliphatic heterocycles. The minimum absolute atomic E-state index is 0.183. The first-order valence-electron chi connectivity index (χ1n) is 5.40. The van der Waals surface area contributed by atoms with E-state index in [4.69, 9.17) is 0 Å². The minimum Gasteiger partial charge on any atom is -0.346 e. The van der Waals surface area contributed by atoms with E-state index < -0.39 is 12.1 Å². The van der Waals surface area contributed by atoms with Gasteiger partial charge in [-0.15, -0.1) is 0 Å². The summed E-state index contributed by atoms with van der Waals surface area (Å²) in [7, 11) is 0. The molecular weight excluding hydrogens is 274 g/mol. The normalized spacial score (nSPS) is 14.3. The van der Waals surface area contributed by atoms with Gasteiger partial charge in [0.05, 0.1) is 12.3 Å². The third-order valence-corrected chi connectivity index (χ3v) is 2.37. The fourth-order valence-corrected chi connectivity index (χ4v) is 1.53. The molecule has 1 rings (SSSR count). The summed E-state index contributed by atoms with van der Waals surface area (Å²) in [6.07, 6.45) is 0. The number of carbonyl (C=O) groups is 3. The maximum atomic E-state index is 11.4. The predicted molar refractivity (Wildman–Crippen MR) is 69.8 cm³/mol. The van der Waals surface area contributed by atoms with Crippen LogP contribution >= 0.6 is 11.9 Å². The van der Waals surface area contributed by atoms with Gasteiger partial charge in [-0.3, -0.25) is 10.2 Å². The SMILES string of the molecule is CCNC(=O)SNNC(=O)NN1CC(C)=NNC1=O. The number of hydrazine groups is 2. The first-order chi connectivity index (χ1) is 9.02. The van der Waals surface area contributed by atoms with Crippen LogP contribution in [0.4, 0.5) is 14.4 Å². The number of urea groups is 2. The van der Waals surface area contributed by atoms with Gasteiger partial charge < -0.3 is 5.32 Å². The van der Waals surface area contributed by atoms with E-state index in [2.05, 4.69) is 31.5 Å². The lowest BCUT2D eigenvalue weighted by atomic mass is 10.4. The van der Waals surface area contributed by atoms with Crippen LogP contribution in [0.3, 0.4) is 0 Å². The van der Waals surface area contributed by atoms with Crippen molar-refractivity contribution in [2.45, 2.75) is 13.8 Å². The van der Waals surface area contributed by atoms with Gasteiger partial charge in [-0.1, -0.05) is 0 Å². The molecular formula is C8H15N7O3S. The van der Waals surface area contributed by atoms with E-state index >= 15 is 0 Å². The Labute approximate surface area is 113 Å². The molecule has 0 atom stereocenters. The van der Waals surface area contributed by atoms with Gasteiger partial charge in [0, 0.05) is 18.5 Å². The highest BCUT2D eigenvalue weighted by atomic mass is 32.2. The minimum atomic E-state index is -0.679. The summed E-state index contributed by atoms with van der Waals surface area (Å²) in [5.74, 6) is 0. The average Bonchev–Trinajstić information content (AvgIpc) is 2.34. The molecule has 0 saturated carbocycles. The molecule has 0 unspecified atom stereocenters.